The van der Waals surface area contributed by atoms with E-state index in [-0.39, 0.29) is 51.9 Å². The molecule has 1 aromatic heterocycles. The zero-order valence-corrected chi connectivity index (χ0v) is 29.4. The molecule has 1 aliphatic carbocycles. The van der Waals surface area contributed by atoms with Crippen LogP contribution in [0.25, 0.3) is 0 Å². The van der Waals surface area contributed by atoms with Crippen molar-refractivity contribution in [1.82, 2.24) is 14.6 Å². The molecule has 14 heteroatoms. The topological polar surface area (TPSA) is 135 Å². The number of anilines is 1. The maximum absolute atomic E-state index is 14.0. The molecule has 1 saturated heterocycles. The number of halogens is 3. The number of benzene rings is 2. The lowest BCUT2D eigenvalue weighted by Crippen LogP contribution is -2.53. The van der Waals surface area contributed by atoms with Crippen molar-refractivity contribution in [3.05, 3.63) is 85.7 Å². The van der Waals surface area contributed by atoms with Gasteiger partial charge < -0.3 is 15.4 Å². The SMILES string of the molecule is CCOC(=O)[C@H](Cc1ccc(NC(=O)c2c(Cl)cncc2Cl)cc1)NC(=O)[C@@H]1[C@@H]2CCCC[C@@H]2CN1S(=O)(=O)c1cccc(I)c1. The second-order valence-corrected chi connectivity index (χ2v) is 15.3. The predicted molar refractivity (Wildman–Crippen MR) is 183 cm³/mol. The third kappa shape index (κ3) is 7.67. The number of rotatable bonds is 10. The van der Waals surface area contributed by atoms with Gasteiger partial charge in [-0.25, -0.2) is 13.2 Å². The van der Waals surface area contributed by atoms with Crippen molar-refractivity contribution in [3.63, 3.8) is 0 Å². The second-order valence-electron chi connectivity index (χ2n) is 11.3. The Morgan fingerprint density at radius 2 is 1.76 bits per heavy atom. The molecule has 244 valence electrons. The molecule has 2 heterocycles. The van der Waals surface area contributed by atoms with Gasteiger partial charge in [-0.05, 0) is 90.1 Å². The lowest BCUT2D eigenvalue weighted by molar-refractivity contribution is -0.147. The summed E-state index contributed by atoms with van der Waals surface area (Å²) in [4.78, 5) is 43.9. The van der Waals surface area contributed by atoms with Gasteiger partial charge in [-0.15, -0.1) is 0 Å². The van der Waals surface area contributed by atoms with E-state index in [2.05, 4.69) is 38.2 Å². The molecule has 1 saturated carbocycles. The number of nitrogens with one attached hydrogen (secondary N) is 2. The molecule has 0 radical (unpaired) electrons. The van der Waals surface area contributed by atoms with Crippen LogP contribution in [0, 0.1) is 15.4 Å². The molecular formula is C32H33Cl2IN4O6S. The fraction of sp³-hybridized carbons (Fsp3) is 0.375. The van der Waals surface area contributed by atoms with Gasteiger partial charge in [0.15, 0.2) is 0 Å². The third-order valence-electron chi connectivity index (χ3n) is 8.39. The molecule has 2 N–H and O–H groups in total. The highest BCUT2D eigenvalue weighted by Gasteiger charge is 2.51. The molecule has 0 unspecified atom stereocenters. The smallest absolute Gasteiger partial charge is 0.328 e. The maximum atomic E-state index is 14.0. The fourth-order valence-corrected chi connectivity index (χ4v) is 9.27. The first kappa shape index (κ1) is 34.6. The number of hydrogen-bond donors (Lipinski definition) is 2. The number of aromatic nitrogens is 1. The number of amides is 2. The Kier molecular flexibility index (Phi) is 11.2. The third-order valence-corrected chi connectivity index (χ3v) is 11.5. The van der Waals surface area contributed by atoms with Gasteiger partial charge in [0.2, 0.25) is 15.9 Å². The van der Waals surface area contributed by atoms with E-state index in [9.17, 15) is 22.8 Å². The molecule has 3 aromatic rings. The summed E-state index contributed by atoms with van der Waals surface area (Å²) in [6.45, 7) is 2.04. The van der Waals surface area contributed by atoms with E-state index in [1.807, 2.05) is 6.07 Å². The van der Waals surface area contributed by atoms with E-state index in [0.29, 0.717) is 11.3 Å². The first-order valence-corrected chi connectivity index (χ1v) is 18.2. The van der Waals surface area contributed by atoms with Crippen LogP contribution in [0.5, 0.6) is 0 Å². The number of sulfonamides is 1. The number of pyridine rings is 1. The van der Waals surface area contributed by atoms with Crippen molar-refractivity contribution in [1.29, 1.82) is 0 Å². The van der Waals surface area contributed by atoms with E-state index in [4.69, 9.17) is 27.9 Å². The zero-order valence-electron chi connectivity index (χ0n) is 24.9. The summed E-state index contributed by atoms with van der Waals surface area (Å²) in [5.74, 6) is -1.75. The minimum Gasteiger partial charge on any atom is -0.464 e. The summed E-state index contributed by atoms with van der Waals surface area (Å²) < 4.78 is 35.2. The number of carbonyl (C=O) groups is 3. The zero-order chi connectivity index (χ0) is 33.0. The summed E-state index contributed by atoms with van der Waals surface area (Å²) in [5, 5.41) is 5.80. The van der Waals surface area contributed by atoms with E-state index >= 15 is 0 Å². The molecule has 0 bridgehead atoms. The van der Waals surface area contributed by atoms with Gasteiger partial charge in [-0.2, -0.15) is 4.31 Å². The second kappa shape index (κ2) is 15.0. The van der Waals surface area contributed by atoms with Crippen LogP contribution >= 0.6 is 45.8 Å². The van der Waals surface area contributed by atoms with Gasteiger partial charge >= 0.3 is 5.97 Å². The Morgan fingerprint density at radius 1 is 1.07 bits per heavy atom. The van der Waals surface area contributed by atoms with Crippen molar-refractivity contribution in [2.45, 2.75) is 56.0 Å². The standard InChI is InChI=1S/C32H33Cl2IN4O6S/c1-2-45-32(42)27(14-19-10-12-22(13-11-19)37-30(40)28-25(33)16-36-17-26(28)34)38-31(41)29-24-9-4-3-6-20(24)18-39(29)46(43,44)23-8-5-7-21(35)15-23/h5,7-8,10-13,15-17,20,24,27,29H,2-4,6,9,14,18H2,1H3,(H,37,40)(H,38,41)/t20-,24-,27+,29+/m1/s1. The van der Waals surface area contributed by atoms with E-state index in [1.54, 1.807) is 49.4 Å². The number of carbonyl (C=O) groups excluding carboxylic acids is 3. The number of hydrogen-bond acceptors (Lipinski definition) is 7. The lowest BCUT2D eigenvalue weighted by atomic mass is 9.78. The van der Waals surface area contributed by atoms with Crippen LogP contribution in [-0.4, -0.2) is 60.7 Å². The monoisotopic (exact) mass is 798 g/mol. The molecule has 46 heavy (non-hydrogen) atoms. The predicted octanol–water partition coefficient (Wildman–Crippen LogP) is 5.72. The number of esters is 1. The lowest BCUT2D eigenvalue weighted by Gasteiger charge is -2.30. The van der Waals surface area contributed by atoms with Crippen molar-refractivity contribution in [3.8, 4) is 0 Å². The molecule has 1 aliphatic heterocycles. The Labute approximate surface area is 291 Å². The Balaban J connectivity index is 1.35. The molecule has 2 fully saturated rings. The average molecular weight is 800 g/mol. The molecular weight excluding hydrogens is 766 g/mol. The van der Waals surface area contributed by atoms with Crippen LogP contribution in [0.3, 0.4) is 0 Å². The molecule has 2 amide bonds. The van der Waals surface area contributed by atoms with E-state index < -0.39 is 39.9 Å². The molecule has 2 aliphatic rings. The molecule has 4 atom stereocenters. The highest BCUT2D eigenvalue weighted by atomic mass is 127. The largest absolute Gasteiger partial charge is 0.464 e. The quantitative estimate of drug-likeness (QED) is 0.198. The van der Waals surface area contributed by atoms with Crippen LogP contribution < -0.4 is 10.6 Å². The van der Waals surface area contributed by atoms with Gasteiger partial charge in [0, 0.05) is 34.6 Å². The normalized spacial score (nSPS) is 20.4. The minimum absolute atomic E-state index is 0.0581. The summed E-state index contributed by atoms with van der Waals surface area (Å²) in [6.07, 6.45) is 6.21. The Bertz CT molecular complexity index is 1710. The van der Waals surface area contributed by atoms with E-state index in [0.717, 1.165) is 29.3 Å². The first-order valence-electron chi connectivity index (χ1n) is 14.9. The van der Waals surface area contributed by atoms with Gasteiger partial charge in [0.05, 0.1) is 27.1 Å². The fourth-order valence-electron chi connectivity index (χ4n) is 6.25. The summed E-state index contributed by atoms with van der Waals surface area (Å²) >= 11 is 14.3. The van der Waals surface area contributed by atoms with Crippen LogP contribution in [0.1, 0.15) is 48.5 Å². The summed E-state index contributed by atoms with van der Waals surface area (Å²) in [5.41, 5.74) is 1.24. The Morgan fingerprint density at radius 3 is 2.43 bits per heavy atom. The van der Waals surface area contributed by atoms with Crippen LogP contribution in [-0.2, 0) is 30.8 Å². The molecule has 0 spiro atoms. The van der Waals surface area contributed by atoms with Crippen LogP contribution in [0.15, 0.2) is 65.8 Å². The van der Waals surface area contributed by atoms with Crippen molar-refractivity contribution >= 4 is 79.3 Å². The van der Waals surface area contributed by atoms with E-state index in [1.165, 1.54) is 16.7 Å². The first-order chi connectivity index (χ1) is 22.0. The number of nitrogens with zero attached hydrogens (tertiary/aromatic N) is 2. The van der Waals surface area contributed by atoms with Crippen molar-refractivity contribution < 1.29 is 27.5 Å². The molecule has 5 rings (SSSR count). The molecule has 2 aromatic carbocycles. The molecule has 10 nitrogen and oxygen atoms in total. The van der Waals surface area contributed by atoms with Gasteiger partial charge in [-0.1, -0.05) is 54.2 Å². The Hall–Kier alpha value is -2.78. The highest BCUT2D eigenvalue weighted by Crippen LogP contribution is 2.43. The van der Waals surface area contributed by atoms with Gasteiger partial charge in [-0.3, -0.25) is 14.6 Å². The number of ether oxygens (including phenoxy) is 1. The summed E-state index contributed by atoms with van der Waals surface area (Å²) in [7, 11) is -3.98. The van der Waals surface area contributed by atoms with Crippen LogP contribution in [0.4, 0.5) is 5.69 Å². The summed E-state index contributed by atoms with van der Waals surface area (Å²) in [6, 6.07) is 11.4. The average Bonchev–Trinajstić information content (AvgIpc) is 3.42. The van der Waals surface area contributed by atoms with Crippen molar-refractivity contribution in [2.75, 3.05) is 18.5 Å². The van der Waals surface area contributed by atoms with Crippen molar-refractivity contribution in [2.24, 2.45) is 11.8 Å². The minimum atomic E-state index is -3.98. The van der Waals surface area contributed by atoms with Crippen LogP contribution in [0.2, 0.25) is 10.0 Å². The number of fused-ring (bicyclic) bond motifs is 1. The van der Waals surface area contributed by atoms with Gasteiger partial charge in [0.25, 0.3) is 5.91 Å². The maximum Gasteiger partial charge on any atom is 0.328 e. The highest BCUT2D eigenvalue weighted by molar-refractivity contribution is 14.1. The van der Waals surface area contributed by atoms with Gasteiger partial charge in [0.1, 0.15) is 12.1 Å².